The molecule has 1 N–H and O–H groups in total. The molecule has 0 spiro atoms. The van der Waals surface area contributed by atoms with Gasteiger partial charge in [-0.25, -0.2) is 14.4 Å². The van der Waals surface area contributed by atoms with Crippen molar-refractivity contribution in [3.05, 3.63) is 12.5 Å². The molecule has 0 saturated heterocycles. The number of halogens is 1. The van der Waals surface area contributed by atoms with Crippen LogP contribution in [0, 0.1) is 0 Å². The highest BCUT2D eigenvalue weighted by Gasteiger charge is 2.37. The Morgan fingerprint density at radius 3 is 2.59 bits per heavy atom. The molecule has 2 aromatic rings. The van der Waals surface area contributed by atoms with Gasteiger partial charge >= 0.3 is 0 Å². The molecule has 0 atom stereocenters. The van der Waals surface area contributed by atoms with Gasteiger partial charge in [0.1, 0.15) is 28.0 Å². The Balaban J connectivity index is 2.39. The molecule has 0 saturated carbocycles. The quantitative estimate of drug-likeness (QED) is 0.914. The minimum atomic E-state index is -1.37. The van der Waals surface area contributed by atoms with Gasteiger partial charge in [-0.15, -0.1) is 0 Å². The molecule has 92 valence electrons. The molecule has 17 heavy (non-hydrogen) atoms. The molecule has 6 heteroatoms. The van der Waals surface area contributed by atoms with E-state index in [9.17, 15) is 4.39 Å². The number of nitrogens with zero attached hydrogens (tertiary/aromatic N) is 3. The second-order valence-electron chi connectivity index (χ2n) is 4.98. The maximum atomic E-state index is 14.1. The molecule has 2 heterocycles. The summed E-state index contributed by atoms with van der Waals surface area (Å²) in [6.45, 7) is 6.71. The predicted octanol–water partition coefficient (Wildman–Crippen LogP) is 3.02. The summed E-state index contributed by atoms with van der Waals surface area (Å²) in [5, 5.41) is 3.13. The lowest BCUT2D eigenvalue weighted by molar-refractivity contribution is 0.133. The number of rotatable bonds is 3. The van der Waals surface area contributed by atoms with Crippen LogP contribution < -0.4 is 5.32 Å². The van der Waals surface area contributed by atoms with Crippen molar-refractivity contribution in [2.24, 2.45) is 0 Å². The van der Waals surface area contributed by atoms with E-state index >= 15 is 0 Å². The molecule has 0 amide bonds. The Hall–Kier alpha value is -1.30. The molecule has 0 aliphatic rings. The fraction of sp³-hybridized carbons (Fsp3) is 0.545. The first-order chi connectivity index (χ1) is 7.81. The van der Waals surface area contributed by atoms with Crippen LogP contribution in [0.5, 0.6) is 0 Å². The van der Waals surface area contributed by atoms with Crippen LogP contribution in [0.15, 0.2) is 12.5 Å². The van der Waals surface area contributed by atoms with Crippen LogP contribution in [0.4, 0.5) is 10.2 Å². The molecule has 4 nitrogen and oxygen atoms in total. The molecule has 0 aliphatic carbocycles. The molecule has 2 aromatic heterocycles. The zero-order valence-corrected chi connectivity index (χ0v) is 11.1. The maximum Gasteiger partial charge on any atom is 0.149 e. The minimum absolute atomic E-state index is 0.633. The highest BCUT2D eigenvalue weighted by atomic mass is 32.1. The number of hydrogen-bond donors (Lipinski definition) is 1. The SMILES string of the molecule is CC(C)(F)C(C)(C)Nc1ncnc2cnsc12. The largest absolute Gasteiger partial charge is 0.361 e. The summed E-state index contributed by atoms with van der Waals surface area (Å²) in [7, 11) is 0. The van der Waals surface area contributed by atoms with Gasteiger partial charge in [-0.1, -0.05) is 0 Å². The van der Waals surface area contributed by atoms with E-state index < -0.39 is 11.2 Å². The zero-order chi connectivity index (χ0) is 12.7. The van der Waals surface area contributed by atoms with Crippen LogP contribution in [0.1, 0.15) is 27.7 Å². The van der Waals surface area contributed by atoms with Gasteiger partial charge in [-0.2, -0.15) is 4.37 Å². The smallest absolute Gasteiger partial charge is 0.149 e. The average molecular weight is 254 g/mol. The van der Waals surface area contributed by atoms with Crippen molar-refractivity contribution in [2.45, 2.75) is 38.9 Å². The van der Waals surface area contributed by atoms with Crippen LogP contribution in [0.25, 0.3) is 10.2 Å². The summed E-state index contributed by atoms with van der Waals surface area (Å²) < 4.78 is 19.0. The molecule has 0 aromatic carbocycles. The minimum Gasteiger partial charge on any atom is -0.361 e. The van der Waals surface area contributed by atoms with Crippen LogP contribution in [0.2, 0.25) is 0 Å². The third-order valence-electron chi connectivity index (χ3n) is 3.07. The Labute approximate surface area is 103 Å². The van der Waals surface area contributed by atoms with E-state index in [2.05, 4.69) is 19.7 Å². The molecule has 0 fully saturated rings. The van der Waals surface area contributed by atoms with Gasteiger partial charge in [-0.3, -0.25) is 0 Å². The topological polar surface area (TPSA) is 50.7 Å². The molecule has 2 rings (SSSR count). The molecular weight excluding hydrogens is 239 g/mol. The fourth-order valence-corrected chi connectivity index (χ4v) is 1.88. The number of alkyl halides is 1. The molecular formula is C11H15FN4S. The normalized spacial score (nSPS) is 13.0. The van der Waals surface area contributed by atoms with Gasteiger partial charge < -0.3 is 5.32 Å². The summed E-state index contributed by atoms with van der Waals surface area (Å²) in [5.41, 5.74) is -1.31. The number of nitrogens with one attached hydrogen (secondary N) is 1. The Bertz CT molecular complexity index is 529. The van der Waals surface area contributed by atoms with Gasteiger partial charge in [0.15, 0.2) is 0 Å². The van der Waals surface area contributed by atoms with Gasteiger partial charge in [0, 0.05) is 0 Å². The van der Waals surface area contributed by atoms with E-state index in [0.29, 0.717) is 5.82 Å². The third-order valence-corrected chi connectivity index (χ3v) is 3.86. The lowest BCUT2D eigenvalue weighted by Gasteiger charge is -2.36. The summed E-state index contributed by atoms with van der Waals surface area (Å²) >= 11 is 1.31. The highest BCUT2D eigenvalue weighted by molar-refractivity contribution is 7.13. The monoisotopic (exact) mass is 254 g/mol. The summed E-state index contributed by atoms with van der Waals surface area (Å²) in [6.07, 6.45) is 3.14. The van der Waals surface area contributed by atoms with E-state index in [1.807, 2.05) is 13.8 Å². The van der Waals surface area contributed by atoms with Crippen molar-refractivity contribution in [3.63, 3.8) is 0 Å². The van der Waals surface area contributed by atoms with Crippen molar-refractivity contribution in [1.29, 1.82) is 0 Å². The van der Waals surface area contributed by atoms with Crippen molar-refractivity contribution >= 4 is 27.6 Å². The third kappa shape index (κ3) is 2.22. The van der Waals surface area contributed by atoms with Gasteiger partial charge in [0.2, 0.25) is 0 Å². The summed E-state index contributed by atoms with van der Waals surface area (Å²) in [6, 6.07) is 0. The van der Waals surface area contributed by atoms with Crippen LogP contribution in [-0.2, 0) is 0 Å². The second-order valence-corrected chi connectivity index (χ2v) is 5.79. The average Bonchev–Trinajstić information content (AvgIpc) is 2.64. The number of anilines is 1. The lowest BCUT2D eigenvalue weighted by atomic mass is 9.87. The Kier molecular flexibility index (Phi) is 2.77. The second kappa shape index (κ2) is 3.87. The van der Waals surface area contributed by atoms with E-state index in [4.69, 9.17) is 0 Å². The van der Waals surface area contributed by atoms with Crippen molar-refractivity contribution in [3.8, 4) is 0 Å². The van der Waals surface area contributed by atoms with Crippen molar-refractivity contribution in [1.82, 2.24) is 14.3 Å². The number of hydrogen-bond acceptors (Lipinski definition) is 5. The van der Waals surface area contributed by atoms with Crippen LogP contribution in [-0.4, -0.2) is 25.5 Å². The zero-order valence-electron chi connectivity index (χ0n) is 10.3. The standard InChI is InChI=1S/C11H15FN4S/c1-10(2,12)11(3,4)16-9-8-7(5-15-17-8)13-6-14-9/h5-6H,1-4H3,(H,13,14,16). The molecule has 0 radical (unpaired) electrons. The van der Waals surface area contributed by atoms with Crippen molar-refractivity contribution < 1.29 is 4.39 Å². The first-order valence-corrected chi connectivity index (χ1v) is 6.11. The highest BCUT2D eigenvalue weighted by Crippen LogP contribution is 2.31. The van der Waals surface area contributed by atoms with E-state index in [1.54, 1.807) is 20.0 Å². The van der Waals surface area contributed by atoms with E-state index in [1.165, 1.54) is 17.9 Å². The number of fused-ring (bicyclic) bond motifs is 1. The van der Waals surface area contributed by atoms with E-state index in [-0.39, 0.29) is 0 Å². The molecule has 0 unspecified atom stereocenters. The number of aromatic nitrogens is 3. The molecule has 0 aliphatic heterocycles. The first kappa shape index (κ1) is 12.2. The van der Waals surface area contributed by atoms with E-state index in [0.717, 1.165) is 10.2 Å². The summed E-state index contributed by atoms with van der Waals surface area (Å²) in [4.78, 5) is 8.26. The van der Waals surface area contributed by atoms with Gasteiger partial charge in [-0.05, 0) is 39.2 Å². The fourth-order valence-electron chi connectivity index (χ4n) is 1.23. The molecule has 0 bridgehead atoms. The Morgan fingerprint density at radius 2 is 1.94 bits per heavy atom. The summed E-state index contributed by atoms with van der Waals surface area (Å²) in [5.74, 6) is 0.633. The Morgan fingerprint density at radius 1 is 1.24 bits per heavy atom. The van der Waals surface area contributed by atoms with Crippen LogP contribution in [0.3, 0.4) is 0 Å². The van der Waals surface area contributed by atoms with Gasteiger partial charge in [0.25, 0.3) is 0 Å². The van der Waals surface area contributed by atoms with Crippen molar-refractivity contribution in [2.75, 3.05) is 5.32 Å². The first-order valence-electron chi connectivity index (χ1n) is 5.34. The maximum absolute atomic E-state index is 14.1. The van der Waals surface area contributed by atoms with Crippen LogP contribution >= 0.6 is 11.5 Å². The lowest BCUT2D eigenvalue weighted by Crippen LogP contribution is -2.48. The predicted molar refractivity (Wildman–Crippen MR) is 68.1 cm³/mol. The van der Waals surface area contributed by atoms with Gasteiger partial charge in [0.05, 0.1) is 11.7 Å².